The van der Waals surface area contributed by atoms with Gasteiger partial charge in [-0.05, 0) is 5.56 Å². The third-order valence-electron chi connectivity index (χ3n) is 2.95. The molecule has 1 aromatic heterocycles. The molecular weight excluding hydrogens is 274 g/mol. The Labute approximate surface area is 124 Å². The summed E-state index contributed by atoms with van der Waals surface area (Å²) in [4.78, 5) is 10.7. The monoisotopic (exact) mass is 291 g/mol. The van der Waals surface area contributed by atoms with Crippen molar-refractivity contribution in [3.63, 3.8) is 0 Å². The average molecular weight is 292 g/mol. The van der Waals surface area contributed by atoms with Crippen molar-refractivity contribution in [2.45, 2.75) is 19.9 Å². The minimum atomic E-state index is 0.0654. The summed E-state index contributed by atoms with van der Waals surface area (Å²) in [5, 5.41) is 9.69. The van der Waals surface area contributed by atoms with Crippen molar-refractivity contribution in [3.05, 3.63) is 52.9 Å². The molecule has 2 rings (SSSR count). The summed E-state index contributed by atoms with van der Waals surface area (Å²) in [5.74, 6) is 1.46. The van der Waals surface area contributed by atoms with Crippen LogP contribution in [0.1, 0.15) is 18.3 Å². The van der Waals surface area contributed by atoms with Gasteiger partial charge in [0.05, 0.1) is 6.61 Å². The van der Waals surface area contributed by atoms with Crippen LogP contribution in [0.3, 0.4) is 0 Å². The van der Waals surface area contributed by atoms with E-state index >= 15 is 0 Å². The van der Waals surface area contributed by atoms with Crippen LogP contribution in [0, 0.1) is 0 Å². The number of hydrogen-bond acceptors (Lipinski definition) is 4. The molecule has 4 nitrogen and oxygen atoms in total. The van der Waals surface area contributed by atoms with Crippen molar-refractivity contribution in [2.24, 2.45) is 0 Å². The highest BCUT2D eigenvalue weighted by atomic mass is 35.5. The molecule has 0 saturated heterocycles. The molecule has 0 aliphatic carbocycles. The van der Waals surface area contributed by atoms with Crippen LogP contribution in [0.15, 0.2) is 36.4 Å². The fourth-order valence-corrected chi connectivity index (χ4v) is 2.17. The minimum Gasteiger partial charge on any atom is -0.395 e. The summed E-state index contributed by atoms with van der Waals surface area (Å²) in [6, 6.07) is 11.8. The molecule has 0 aliphatic rings. The van der Waals surface area contributed by atoms with Gasteiger partial charge in [0.2, 0.25) is 0 Å². The maximum atomic E-state index is 9.25. The summed E-state index contributed by atoms with van der Waals surface area (Å²) < 4.78 is 0. The van der Waals surface area contributed by atoms with Crippen molar-refractivity contribution >= 4 is 17.4 Å². The van der Waals surface area contributed by atoms with Gasteiger partial charge in [-0.25, -0.2) is 9.97 Å². The van der Waals surface area contributed by atoms with Crippen LogP contribution < -0.4 is 4.90 Å². The topological polar surface area (TPSA) is 49.2 Å². The number of aliphatic hydroxyl groups is 1. The van der Waals surface area contributed by atoms with Gasteiger partial charge in [-0.15, -0.1) is 0 Å². The fourth-order valence-electron chi connectivity index (χ4n) is 1.97. The highest BCUT2D eigenvalue weighted by molar-refractivity contribution is 6.29. The van der Waals surface area contributed by atoms with Gasteiger partial charge in [0, 0.05) is 25.6 Å². The summed E-state index contributed by atoms with van der Waals surface area (Å²) in [7, 11) is 0. The molecule has 0 atom stereocenters. The summed E-state index contributed by atoms with van der Waals surface area (Å²) in [6.45, 7) is 3.24. The number of benzene rings is 1. The number of aliphatic hydroxyl groups excluding tert-OH is 1. The van der Waals surface area contributed by atoms with E-state index in [9.17, 15) is 5.11 Å². The number of rotatable bonds is 6. The lowest BCUT2D eigenvalue weighted by atomic mass is 10.2. The molecule has 1 N–H and O–H groups in total. The molecule has 0 spiro atoms. The van der Waals surface area contributed by atoms with Crippen molar-refractivity contribution in [1.82, 2.24) is 9.97 Å². The second-order valence-corrected chi connectivity index (χ2v) is 4.84. The lowest BCUT2D eigenvalue weighted by Gasteiger charge is -2.23. The third-order valence-corrected chi connectivity index (χ3v) is 3.15. The lowest BCUT2D eigenvalue weighted by Crippen LogP contribution is -2.27. The number of aryl methyl sites for hydroxylation is 1. The predicted octanol–water partition coefficient (Wildman–Crippen LogP) is 2.69. The molecule has 1 aromatic carbocycles. The standard InChI is InChI=1S/C15H18ClN3O/c1-2-14-17-13(16)10-15(18-14)19(8-9-20)11-12-6-4-3-5-7-12/h3-7,10,20H,2,8-9,11H2,1H3. The molecule has 20 heavy (non-hydrogen) atoms. The SMILES string of the molecule is CCc1nc(Cl)cc(N(CCO)Cc2ccccc2)n1. The van der Waals surface area contributed by atoms with E-state index in [4.69, 9.17) is 11.6 Å². The second kappa shape index (κ2) is 7.22. The van der Waals surface area contributed by atoms with E-state index in [1.54, 1.807) is 6.07 Å². The van der Waals surface area contributed by atoms with Gasteiger partial charge >= 0.3 is 0 Å². The number of hydrogen-bond donors (Lipinski definition) is 1. The Morgan fingerprint density at radius 1 is 1.20 bits per heavy atom. The molecule has 5 heteroatoms. The van der Waals surface area contributed by atoms with Crippen LogP contribution in [0.5, 0.6) is 0 Å². The first-order valence-corrected chi connectivity index (χ1v) is 7.04. The molecule has 0 fully saturated rings. The van der Waals surface area contributed by atoms with E-state index in [-0.39, 0.29) is 6.61 Å². The molecule has 2 aromatic rings. The van der Waals surface area contributed by atoms with Crippen LogP contribution in [-0.2, 0) is 13.0 Å². The zero-order chi connectivity index (χ0) is 14.4. The van der Waals surface area contributed by atoms with Crippen molar-refractivity contribution in [1.29, 1.82) is 0 Å². The summed E-state index contributed by atoms with van der Waals surface area (Å²) in [6.07, 6.45) is 0.728. The minimum absolute atomic E-state index is 0.0654. The van der Waals surface area contributed by atoms with Gasteiger partial charge in [-0.3, -0.25) is 0 Å². The van der Waals surface area contributed by atoms with Crippen LogP contribution in [0.2, 0.25) is 5.15 Å². The Balaban J connectivity index is 2.26. The van der Waals surface area contributed by atoms with E-state index in [0.717, 1.165) is 17.8 Å². The first-order valence-electron chi connectivity index (χ1n) is 6.66. The molecule has 0 saturated carbocycles. The van der Waals surface area contributed by atoms with Crippen molar-refractivity contribution in [2.75, 3.05) is 18.1 Å². The Hall–Kier alpha value is -1.65. The first kappa shape index (κ1) is 14.8. The molecule has 0 aliphatic heterocycles. The number of halogens is 1. The Morgan fingerprint density at radius 3 is 2.60 bits per heavy atom. The van der Waals surface area contributed by atoms with Gasteiger partial charge in [0.25, 0.3) is 0 Å². The Kier molecular flexibility index (Phi) is 5.32. The maximum absolute atomic E-state index is 9.25. The molecule has 0 amide bonds. The van der Waals surface area contributed by atoms with Crippen LogP contribution >= 0.6 is 11.6 Å². The van der Waals surface area contributed by atoms with E-state index < -0.39 is 0 Å². The van der Waals surface area contributed by atoms with E-state index in [0.29, 0.717) is 24.1 Å². The first-order chi connectivity index (χ1) is 9.72. The molecule has 106 valence electrons. The zero-order valence-corrected chi connectivity index (χ0v) is 12.2. The zero-order valence-electron chi connectivity index (χ0n) is 11.5. The fraction of sp³-hybridized carbons (Fsp3) is 0.333. The highest BCUT2D eigenvalue weighted by Crippen LogP contribution is 2.18. The Bertz CT molecular complexity index is 548. The maximum Gasteiger partial charge on any atom is 0.134 e. The van der Waals surface area contributed by atoms with E-state index in [2.05, 4.69) is 9.97 Å². The van der Waals surface area contributed by atoms with Crippen LogP contribution in [-0.4, -0.2) is 28.2 Å². The average Bonchev–Trinajstić information content (AvgIpc) is 2.47. The Morgan fingerprint density at radius 2 is 1.95 bits per heavy atom. The largest absolute Gasteiger partial charge is 0.395 e. The molecule has 1 heterocycles. The van der Waals surface area contributed by atoms with Crippen molar-refractivity contribution in [3.8, 4) is 0 Å². The van der Waals surface area contributed by atoms with Crippen LogP contribution in [0.25, 0.3) is 0 Å². The normalized spacial score (nSPS) is 10.6. The third kappa shape index (κ3) is 3.92. The number of nitrogens with zero attached hydrogens (tertiary/aromatic N) is 3. The van der Waals surface area contributed by atoms with Crippen molar-refractivity contribution < 1.29 is 5.11 Å². The predicted molar refractivity (Wildman–Crippen MR) is 81.0 cm³/mol. The lowest BCUT2D eigenvalue weighted by molar-refractivity contribution is 0.301. The van der Waals surface area contributed by atoms with Gasteiger partial charge in [0.15, 0.2) is 0 Å². The molecular formula is C15H18ClN3O. The summed E-state index contributed by atoms with van der Waals surface area (Å²) >= 11 is 6.04. The number of aromatic nitrogens is 2. The van der Waals surface area contributed by atoms with Gasteiger partial charge in [-0.2, -0.15) is 0 Å². The number of anilines is 1. The van der Waals surface area contributed by atoms with E-state index in [1.807, 2.05) is 42.2 Å². The summed E-state index contributed by atoms with van der Waals surface area (Å²) in [5.41, 5.74) is 1.16. The van der Waals surface area contributed by atoms with E-state index in [1.165, 1.54) is 0 Å². The quantitative estimate of drug-likeness (QED) is 0.832. The smallest absolute Gasteiger partial charge is 0.134 e. The molecule has 0 unspecified atom stereocenters. The van der Waals surface area contributed by atoms with Gasteiger partial charge in [-0.1, -0.05) is 48.9 Å². The van der Waals surface area contributed by atoms with Gasteiger partial charge in [0.1, 0.15) is 16.8 Å². The highest BCUT2D eigenvalue weighted by Gasteiger charge is 2.11. The van der Waals surface area contributed by atoms with Gasteiger partial charge < -0.3 is 10.0 Å². The molecule has 0 radical (unpaired) electrons. The molecule has 0 bridgehead atoms. The second-order valence-electron chi connectivity index (χ2n) is 4.45. The van der Waals surface area contributed by atoms with Crippen LogP contribution in [0.4, 0.5) is 5.82 Å².